The molecule has 0 saturated carbocycles. The topological polar surface area (TPSA) is 66.7 Å². The molecule has 1 aliphatic rings. The standard InChI is InChI=1S/C9H16N4/c1-9(2-4-11-5-3-9)7-6-12-13-8(7)10/h6,11H,2-5H2,1H3,(H3,10,12,13). The second-order valence-corrected chi connectivity index (χ2v) is 4.01. The summed E-state index contributed by atoms with van der Waals surface area (Å²) in [5.41, 5.74) is 7.20. The summed E-state index contributed by atoms with van der Waals surface area (Å²) < 4.78 is 0. The molecule has 2 rings (SSSR count). The molecule has 13 heavy (non-hydrogen) atoms. The van der Waals surface area contributed by atoms with Crippen LogP contribution in [0.3, 0.4) is 0 Å². The number of aromatic amines is 1. The van der Waals surface area contributed by atoms with E-state index < -0.39 is 0 Å². The molecule has 0 aliphatic carbocycles. The number of nitrogen functional groups attached to an aromatic ring is 1. The molecule has 0 spiro atoms. The van der Waals surface area contributed by atoms with Crippen LogP contribution in [-0.2, 0) is 5.41 Å². The van der Waals surface area contributed by atoms with Crippen molar-refractivity contribution >= 4 is 5.82 Å². The molecule has 0 atom stereocenters. The summed E-state index contributed by atoms with van der Waals surface area (Å²) in [6.07, 6.45) is 4.13. The first-order chi connectivity index (χ1) is 6.22. The lowest BCUT2D eigenvalue weighted by atomic mass is 9.76. The van der Waals surface area contributed by atoms with Gasteiger partial charge in [-0.3, -0.25) is 5.10 Å². The average molecular weight is 180 g/mol. The van der Waals surface area contributed by atoms with Gasteiger partial charge in [-0.15, -0.1) is 0 Å². The SMILES string of the molecule is CC1(c2cn[nH]c2N)CCNCC1. The van der Waals surface area contributed by atoms with E-state index in [4.69, 9.17) is 5.73 Å². The molecule has 1 saturated heterocycles. The minimum absolute atomic E-state index is 0.211. The van der Waals surface area contributed by atoms with Crippen molar-refractivity contribution in [2.75, 3.05) is 18.8 Å². The minimum Gasteiger partial charge on any atom is -0.384 e. The maximum absolute atomic E-state index is 5.82. The number of hydrogen-bond donors (Lipinski definition) is 3. The zero-order chi connectivity index (χ0) is 9.31. The molecule has 4 nitrogen and oxygen atoms in total. The van der Waals surface area contributed by atoms with Crippen molar-refractivity contribution in [1.82, 2.24) is 15.5 Å². The number of hydrogen-bond acceptors (Lipinski definition) is 3. The number of piperidine rings is 1. The zero-order valence-corrected chi connectivity index (χ0v) is 7.93. The largest absolute Gasteiger partial charge is 0.384 e. The van der Waals surface area contributed by atoms with Crippen LogP contribution in [0.1, 0.15) is 25.3 Å². The van der Waals surface area contributed by atoms with Gasteiger partial charge in [0.15, 0.2) is 0 Å². The van der Waals surface area contributed by atoms with Crippen LogP contribution in [-0.4, -0.2) is 23.3 Å². The summed E-state index contributed by atoms with van der Waals surface area (Å²) in [6, 6.07) is 0. The molecule has 0 radical (unpaired) electrons. The molecule has 0 unspecified atom stereocenters. The number of H-pyrrole nitrogens is 1. The van der Waals surface area contributed by atoms with Crippen molar-refractivity contribution in [3.63, 3.8) is 0 Å². The molecule has 4 heteroatoms. The van der Waals surface area contributed by atoms with E-state index in [0.717, 1.165) is 31.7 Å². The fourth-order valence-electron chi connectivity index (χ4n) is 2.02. The van der Waals surface area contributed by atoms with Crippen LogP contribution < -0.4 is 11.1 Å². The van der Waals surface area contributed by atoms with Crippen molar-refractivity contribution < 1.29 is 0 Å². The van der Waals surface area contributed by atoms with Crippen molar-refractivity contribution in [2.24, 2.45) is 0 Å². The van der Waals surface area contributed by atoms with Crippen LogP contribution in [0.2, 0.25) is 0 Å². The third kappa shape index (κ3) is 1.42. The molecular weight excluding hydrogens is 164 g/mol. The number of aromatic nitrogens is 2. The summed E-state index contributed by atoms with van der Waals surface area (Å²) in [4.78, 5) is 0. The van der Waals surface area contributed by atoms with E-state index in [-0.39, 0.29) is 5.41 Å². The quantitative estimate of drug-likeness (QED) is 0.594. The van der Waals surface area contributed by atoms with Gasteiger partial charge in [-0.05, 0) is 25.9 Å². The van der Waals surface area contributed by atoms with Gasteiger partial charge in [0.25, 0.3) is 0 Å². The lowest BCUT2D eigenvalue weighted by molar-refractivity contribution is 0.336. The highest BCUT2D eigenvalue weighted by molar-refractivity contribution is 5.42. The van der Waals surface area contributed by atoms with E-state index in [1.807, 2.05) is 6.20 Å². The van der Waals surface area contributed by atoms with Crippen LogP contribution in [0.5, 0.6) is 0 Å². The van der Waals surface area contributed by atoms with Gasteiger partial charge in [0.1, 0.15) is 5.82 Å². The van der Waals surface area contributed by atoms with Gasteiger partial charge in [0.2, 0.25) is 0 Å². The summed E-state index contributed by atoms with van der Waals surface area (Å²) in [6.45, 7) is 4.40. The van der Waals surface area contributed by atoms with E-state index in [0.29, 0.717) is 0 Å². The van der Waals surface area contributed by atoms with E-state index in [1.54, 1.807) is 0 Å². The highest BCUT2D eigenvalue weighted by Crippen LogP contribution is 2.34. The highest BCUT2D eigenvalue weighted by Gasteiger charge is 2.31. The van der Waals surface area contributed by atoms with Gasteiger partial charge < -0.3 is 11.1 Å². The first kappa shape index (κ1) is 8.56. The van der Waals surface area contributed by atoms with Crippen LogP contribution in [0.25, 0.3) is 0 Å². The first-order valence-corrected chi connectivity index (χ1v) is 4.72. The van der Waals surface area contributed by atoms with Crippen LogP contribution in [0.4, 0.5) is 5.82 Å². The average Bonchev–Trinajstić information content (AvgIpc) is 2.53. The maximum atomic E-state index is 5.82. The van der Waals surface area contributed by atoms with E-state index in [2.05, 4.69) is 22.4 Å². The maximum Gasteiger partial charge on any atom is 0.122 e. The zero-order valence-electron chi connectivity index (χ0n) is 7.93. The minimum atomic E-state index is 0.211. The summed E-state index contributed by atoms with van der Waals surface area (Å²) >= 11 is 0. The molecule has 1 aliphatic heterocycles. The van der Waals surface area contributed by atoms with Crippen LogP contribution in [0.15, 0.2) is 6.20 Å². The third-order valence-corrected chi connectivity index (χ3v) is 3.03. The van der Waals surface area contributed by atoms with Crippen molar-refractivity contribution in [3.05, 3.63) is 11.8 Å². The Labute approximate surface area is 77.9 Å². The molecular formula is C9H16N4. The molecule has 0 amide bonds. The van der Waals surface area contributed by atoms with Crippen molar-refractivity contribution in [1.29, 1.82) is 0 Å². The number of rotatable bonds is 1. The second kappa shape index (κ2) is 3.03. The van der Waals surface area contributed by atoms with Crippen LogP contribution >= 0.6 is 0 Å². The molecule has 1 fully saturated rings. The predicted octanol–water partition coefficient (Wildman–Crippen LogP) is 0.633. The predicted molar refractivity (Wildman–Crippen MR) is 52.5 cm³/mol. The Morgan fingerprint density at radius 3 is 2.69 bits per heavy atom. The lowest BCUT2D eigenvalue weighted by Crippen LogP contribution is -2.37. The fourth-order valence-corrected chi connectivity index (χ4v) is 2.02. The Morgan fingerprint density at radius 1 is 1.46 bits per heavy atom. The summed E-state index contributed by atoms with van der Waals surface area (Å²) in [7, 11) is 0. The number of anilines is 1. The normalized spacial score (nSPS) is 21.6. The van der Waals surface area contributed by atoms with E-state index in [9.17, 15) is 0 Å². The first-order valence-electron chi connectivity index (χ1n) is 4.72. The smallest absolute Gasteiger partial charge is 0.122 e. The second-order valence-electron chi connectivity index (χ2n) is 4.01. The number of nitrogens with one attached hydrogen (secondary N) is 2. The third-order valence-electron chi connectivity index (χ3n) is 3.03. The lowest BCUT2D eigenvalue weighted by Gasteiger charge is -2.33. The summed E-state index contributed by atoms with van der Waals surface area (Å²) in [5, 5.41) is 10.1. The van der Waals surface area contributed by atoms with Gasteiger partial charge in [-0.1, -0.05) is 6.92 Å². The Kier molecular flexibility index (Phi) is 2.00. The van der Waals surface area contributed by atoms with Gasteiger partial charge in [-0.2, -0.15) is 5.10 Å². The Balaban J connectivity index is 2.27. The van der Waals surface area contributed by atoms with Gasteiger partial charge >= 0.3 is 0 Å². The molecule has 1 aromatic heterocycles. The van der Waals surface area contributed by atoms with E-state index in [1.165, 1.54) is 5.56 Å². The highest BCUT2D eigenvalue weighted by atomic mass is 15.1. The Bertz CT molecular complexity index is 286. The molecule has 72 valence electrons. The van der Waals surface area contributed by atoms with E-state index >= 15 is 0 Å². The van der Waals surface area contributed by atoms with Crippen molar-refractivity contribution in [3.8, 4) is 0 Å². The Morgan fingerprint density at radius 2 is 2.15 bits per heavy atom. The van der Waals surface area contributed by atoms with Gasteiger partial charge in [0, 0.05) is 11.0 Å². The van der Waals surface area contributed by atoms with Gasteiger partial charge in [0.05, 0.1) is 6.20 Å². The summed E-state index contributed by atoms with van der Waals surface area (Å²) in [5.74, 6) is 0.726. The molecule has 2 heterocycles. The molecule has 0 aromatic carbocycles. The monoisotopic (exact) mass is 180 g/mol. The number of nitrogens with zero attached hydrogens (tertiary/aromatic N) is 1. The molecule has 1 aromatic rings. The molecule has 0 bridgehead atoms. The van der Waals surface area contributed by atoms with Crippen LogP contribution in [0, 0.1) is 0 Å². The van der Waals surface area contributed by atoms with Gasteiger partial charge in [-0.25, -0.2) is 0 Å². The number of nitrogens with two attached hydrogens (primary N) is 1. The van der Waals surface area contributed by atoms with Crippen molar-refractivity contribution in [2.45, 2.75) is 25.2 Å². The Hall–Kier alpha value is -1.03. The molecule has 4 N–H and O–H groups in total. The fraction of sp³-hybridized carbons (Fsp3) is 0.667.